The number of aryl methyl sites for hydroxylation is 2. The molecule has 1 aliphatic rings. The maximum absolute atomic E-state index is 12.8. The molecule has 1 N–H and O–H groups in total. The van der Waals surface area contributed by atoms with Crippen molar-refractivity contribution in [3.05, 3.63) is 51.2 Å². The van der Waals surface area contributed by atoms with Crippen molar-refractivity contribution < 1.29 is 0 Å². The number of aromatic amines is 1. The number of rotatable bonds is 6. The number of hydrogen-bond acceptors (Lipinski definition) is 8. The Bertz CT molecular complexity index is 1410. The van der Waals surface area contributed by atoms with Crippen molar-refractivity contribution in [2.45, 2.75) is 32.0 Å². The molecule has 5 rings (SSSR count). The van der Waals surface area contributed by atoms with E-state index in [0.29, 0.717) is 40.5 Å². The second kappa shape index (κ2) is 9.09. The lowest BCUT2D eigenvalue weighted by Gasteiger charge is -2.35. The van der Waals surface area contributed by atoms with Crippen LogP contribution in [-0.2, 0) is 13.6 Å². The highest BCUT2D eigenvalue weighted by molar-refractivity contribution is 7.99. The lowest BCUT2D eigenvalue weighted by molar-refractivity contribution is 0.352. The molecule has 1 fully saturated rings. The smallest absolute Gasteiger partial charge is 0.329 e. The van der Waals surface area contributed by atoms with E-state index >= 15 is 0 Å². The summed E-state index contributed by atoms with van der Waals surface area (Å²) in [5.41, 5.74) is 0.797. The number of benzene rings is 1. The van der Waals surface area contributed by atoms with Crippen LogP contribution in [0.25, 0.3) is 16.9 Å². The molecule has 4 aromatic rings. The average molecular weight is 482 g/mol. The average Bonchev–Trinajstić information content (AvgIpc) is 3.43. The number of fused-ring (bicyclic) bond motifs is 1. The lowest BCUT2D eigenvalue weighted by atomic mass is 9.92. The minimum absolute atomic E-state index is 0.397. The number of nitrogens with zero attached hydrogens (tertiary/aromatic N) is 8. The molecule has 34 heavy (non-hydrogen) atoms. The fourth-order valence-electron chi connectivity index (χ4n) is 4.73. The highest BCUT2D eigenvalue weighted by Gasteiger charge is 2.27. The first-order chi connectivity index (χ1) is 16.4. The summed E-state index contributed by atoms with van der Waals surface area (Å²) in [6.45, 7) is 6.70. The molecule has 0 saturated carbocycles. The number of aromatic nitrogens is 8. The first-order valence-corrected chi connectivity index (χ1v) is 12.3. The molecule has 2 atom stereocenters. The van der Waals surface area contributed by atoms with Gasteiger partial charge in [0.1, 0.15) is 0 Å². The molecule has 11 nitrogen and oxygen atoms in total. The van der Waals surface area contributed by atoms with Crippen LogP contribution in [0.3, 0.4) is 0 Å². The molecule has 1 aliphatic heterocycles. The zero-order valence-corrected chi connectivity index (χ0v) is 20.2. The molecule has 0 amide bonds. The Labute approximate surface area is 199 Å². The fourth-order valence-corrected chi connectivity index (χ4v) is 5.55. The van der Waals surface area contributed by atoms with Crippen LogP contribution in [0.15, 0.2) is 45.1 Å². The maximum atomic E-state index is 12.8. The highest BCUT2D eigenvalue weighted by atomic mass is 32.2. The molecule has 3 aromatic heterocycles. The van der Waals surface area contributed by atoms with E-state index in [0.717, 1.165) is 31.1 Å². The van der Waals surface area contributed by atoms with Gasteiger partial charge in [0.05, 0.1) is 5.69 Å². The minimum atomic E-state index is -0.467. The number of imidazole rings is 1. The zero-order chi connectivity index (χ0) is 23.8. The van der Waals surface area contributed by atoms with Gasteiger partial charge in [0.15, 0.2) is 11.2 Å². The van der Waals surface area contributed by atoms with Crippen molar-refractivity contribution in [2.75, 3.05) is 23.7 Å². The predicted octanol–water partition coefficient (Wildman–Crippen LogP) is 1.67. The largest absolute Gasteiger partial charge is 0.342 e. The molecule has 0 aliphatic carbocycles. The van der Waals surface area contributed by atoms with E-state index in [1.807, 2.05) is 34.9 Å². The monoisotopic (exact) mass is 481 g/mol. The Kier molecular flexibility index (Phi) is 5.98. The van der Waals surface area contributed by atoms with Gasteiger partial charge in [0, 0.05) is 32.4 Å². The van der Waals surface area contributed by atoms with Gasteiger partial charge < -0.3 is 9.47 Å². The van der Waals surface area contributed by atoms with E-state index in [1.54, 1.807) is 11.7 Å². The SMILES string of the molecule is C[C@@H]1C[C@H](C)CN(c2nc3c(c(=O)[nH]c(=O)n3C)n2CCSc2nnnn2-c2ccccc2)C1. The first-order valence-electron chi connectivity index (χ1n) is 11.3. The molecule has 178 valence electrons. The Hall–Kier alpha value is -3.41. The van der Waals surface area contributed by atoms with Crippen molar-refractivity contribution >= 4 is 28.9 Å². The lowest BCUT2D eigenvalue weighted by Crippen LogP contribution is -2.40. The van der Waals surface area contributed by atoms with Crippen LogP contribution in [0, 0.1) is 11.8 Å². The third-order valence-corrected chi connectivity index (χ3v) is 7.03. The van der Waals surface area contributed by atoms with Crippen LogP contribution in [0.4, 0.5) is 5.95 Å². The minimum Gasteiger partial charge on any atom is -0.342 e. The molecular weight excluding hydrogens is 454 g/mol. The van der Waals surface area contributed by atoms with E-state index in [1.165, 1.54) is 16.3 Å². The number of anilines is 1. The van der Waals surface area contributed by atoms with E-state index < -0.39 is 11.2 Å². The van der Waals surface area contributed by atoms with Crippen LogP contribution in [-0.4, -0.2) is 58.2 Å². The number of H-pyrrole nitrogens is 1. The summed E-state index contributed by atoms with van der Waals surface area (Å²) in [5, 5.41) is 12.8. The van der Waals surface area contributed by atoms with Crippen molar-refractivity contribution in [1.29, 1.82) is 0 Å². The summed E-state index contributed by atoms with van der Waals surface area (Å²) < 4.78 is 5.03. The molecule has 0 radical (unpaired) electrons. The standard InChI is InChI=1S/C22H27N9O2S/c1-14-11-15(2)13-29(12-14)20-23-18-17(19(32)24-21(33)28(18)3)30(20)9-10-34-22-25-26-27-31(22)16-7-5-4-6-8-16/h4-8,14-15H,9-13H2,1-3H3,(H,24,32,33)/t14-,15+. The van der Waals surface area contributed by atoms with Crippen LogP contribution < -0.4 is 16.1 Å². The van der Waals surface area contributed by atoms with Gasteiger partial charge in [-0.3, -0.25) is 14.3 Å². The summed E-state index contributed by atoms with van der Waals surface area (Å²) in [4.78, 5) is 34.5. The molecule has 0 bridgehead atoms. The Morgan fingerprint density at radius 3 is 2.59 bits per heavy atom. The summed E-state index contributed by atoms with van der Waals surface area (Å²) in [6, 6.07) is 9.71. The van der Waals surface area contributed by atoms with Crippen molar-refractivity contribution in [3.63, 3.8) is 0 Å². The van der Waals surface area contributed by atoms with Crippen LogP contribution in [0.2, 0.25) is 0 Å². The quantitative estimate of drug-likeness (QED) is 0.413. The summed E-state index contributed by atoms with van der Waals surface area (Å²) in [6.07, 6.45) is 1.16. The normalized spacial score (nSPS) is 18.6. The van der Waals surface area contributed by atoms with E-state index in [9.17, 15) is 9.59 Å². The number of thioether (sulfide) groups is 1. The maximum Gasteiger partial charge on any atom is 0.329 e. The Morgan fingerprint density at radius 2 is 1.85 bits per heavy atom. The van der Waals surface area contributed by atoms with E-state index in [2.05, 4.69) is 39.3 Å². The van der Waals surface area contributed by atoms with Crippen LogP contribution in [0.1, 0.15) is 20.3 Å². The van der Waals surface area contributed by atoms with Gasteiger partial charge in [-0.2, -0.15) is 9.67 Å². The number of piperidine rings is 1. The zero-order valence-electron chi connectivity index (χ0n) is 19.4. The van der Waals surface area contributed by atoms with Gasteiger partial charge >= 0.3 is 5.69 Å². The second-order valence-electron chi connectivity index (χ2n) is 8.96. The molecule has 0 spiro atoms. The first kappa shape index (κ1) is 22.4. The summed E-state index contributed by atoms with van der Waals surface area (Å²) in [7, 11) is 1.63. The van der Waals surface area contributed by atoms with Crippen molar-refractivity contribution in [3.8, 4) is 5.69 Å². The Morgan fingerprint density at radius 1 is 1.12 bits per heavy atom. The number of hydrogen-bond donors (Lipinski definition) is 1. The third kappa shape index (κ3) is 4.13. The van der Waals surface area contributed by atoms with Gasteiger partial charge in [-0.25, -0.2) is 4.79 Å². The highest BCUT2D eigenvalue weighted by Crippen LogP contribution is 2.28. The van der Waals surface area contributed by atoms with Gasteiger partial charge in [0.2, 0.25) is 11.1 Å². The van der Waals surface area contributed by atoms with E-state index in [4.69, 9.17) is 4.98 Å². The molecule has 0 unspecified atom stereocenters. The van der Waals surface area contributed by atoms with Gasteiger partial charge in [0.25, 0.3) is 5.56 Å². The number of nitrogens with one attached hydrogen (secondary N) is 1. The predicted molar refractivity (Wildman–Crippen MR) is 131 cm³/mol. The Balaban J connectivity index is 1.48. The summed E-state index contributed by atoms with van der Waals surface area (Å²) >= 11 is 1.50. The van der Waals surface area contributed by atoms with Gasteiger partial charge in [-0.05, 0) is 40.8 Å². The van der Waals surface area contributed by atoms with Gasteiger partial charge in [-0.1, -0.05) is 43.8 Å². The molecule has 1 saturated heterocycles. The molecule has 12 heteroatoms. The van der Waals surface area contributed by atoms with Crippen LogP contribution >= 0.6 is 11.8 Å². The van der Waals surface area contributed by atoms with Gasteiger partial charge in [-0.15, -0.1) is 5.10 Å². The van der Waals surface area contributed by atoms with Crippen molar-refractivity contribution in [2.24, 2.45) is 18.9 Å². The topological polar surface area (TPSA) is 120 Å². The molecule has 4 heterocycles. The fraction of sp³-hybridized carbons (Fsp3) is 0.455. The van der Waals surface area contributed by atoms with Crippen molar-refractivity contribution in [1.82, 2.24) is 39.3 Å². The number of para-hydroxylation sites is 1. The third-order valence-electron chi connectivity index (χ3n) is 6.13. The second-order valence-corrected chi connectivity index (χ2v) is 10.0. The summed E-state index contributed by atoms with van der Waals surface area (Å²) in [5.74, 6) is 2.38. The molecule has 1 aromatic carbocycles. The van der Waals surface area contributed by atoms with E-state index in [-0.39, 0.29) is 0 Å². The van der Waals surface area contributed by atoms with Crippen LogP contribution in [0.5, 0.6) is 0 Å². The number of tetrazole rings is 1. The molecular formula is C22H27N9O2S.